The molecule has 0 saturated heterocycles. The molecule has 0 aliphatic rings. The van der Waals surface area contributed by atoms with Crippen molar-refractivity contribution in [1.82, 2.24) is 10.3 Å². The van der Waals surface area contributed by atoms with E-state index >= 15 is 0 Å². The van der Waals surface area contributed by atoms with Crippen LogP contribution < -0.4 is 10.1 Å². The summed E-state index contributed by atoms with van der Waals surface area (Å²) < 4.78 is 5.99. The smallest absolute Gasteiger partial charge is 0.138 e. The molecule has 0 fully saturated rings. The van der Waals surface area contributed by atoms with Crippen molar-refractivity contribution in [1.29, 1.82) is 0 Å². The molecule has 1 atom stereocenters. The minimum atomic E-state index is 0.203. The Morgan fingerprint density at radius 3 is 2.89 bits per heavy atom. The number of benzene rings is 1. The van der Waals surface area contributed by atoms with Crippen LogP contribution in [0.4, 0.5) is 0 Å². The molecule has 2 aromatic rings. The molecule has 1 unspecified atom stereocenters. The van der Waals surface area contributed by atoms with E-state index in [1.807, 2.05) is 24.4 Å². The lowest BCUT2D eigenvalue weighted by atomic mass is 10.2. The highest BCUT2D eigenvalue weighted by molar-refractivity contribution is 5.79. The van der Waals surface area contributed by atoms with E-state index in [0.717, 1.165) is 42.6 Å². The fraction of sp³-hybridized carbons (Fsp3) is 0.438. The number of fused-ring (bicyclic) bond motifs is 1. The Kier molecular flexibility index (Phi) is 5.16. The number of ether oxygens (including phenoxy) is 1. The molecule has 1 heterocycles. The van der Waals surface area contributed by atoms with Gasteiger partial charge in [-0.15, -0.1) is 0 Å². The molecule has 0 aliphatic carbocycles. The molecule has 0 radical (unpaired) electrons. The maximum atomic E-state index is 5.99. The van der Waals surface area contributed by atoms with Crippen LogP contribution in [0.3, 0.4) is 0 Å². The lowest BCUT2D eigenvalue weighted by Crippen LogP contribution is -2.31. The van der Waals surface area contributed by atoms with Crippen LogP contribution in [0.2, 0.25) is 0 Å². The minimum Gasteiger partial charge on any atom is -0.487 e. The minimum absolute atomic E-state index is 0.203. The summed E-state index contributed by atoms with van der Waals surface area (Å²) in [6.07, 6.45) is 4.15. The predicted molar refractivity (Wildman–Crippen MR) is 79.6 cm³/mol. The quantitative estimate of drug-likeness (QED) is 0.773. The van der Waals surface area contributed by atoms with Crippen molar-refractivity contribution in [3.63, 3.8) is 0 Å². The Hall–Kier alpha value is -1.61. The summed E-state index contributed by atoms with van der Waals surface area (Å²) in [4.78, 5) is 4.42. The average molecular weight is 258 g/mol. The molecule has 0 saturated carbocycles. The van der Waals surface area contributed by atoms with E-state index in [4.69, 9.17) is 4.74 Å². The molecular weight excluding hydrogens is 236 g/mol. The van der Waals surface area contributed by atoms with E-state index in [2.05, 4.69) is 36.3 Å². The topological polar surface area (TPSA) is 34.1 Å². The maximum Gasteiger partial charge on any atom is 0.138 e. The zero-order chi connectivity index (χ0) is 13.5. The summed E-state index contributed by atoms with van der Waals surface area (Å²) in [5.74, 6) is 0.851. The van der Waals surface area contributed by atoms with Crippen LogP contribution in [0.25, 0.3) is 10.9 Å². The van der Waals surface area contributed by atoms with Gasteiger partial charge in [-0.2, -0.15) is 0 Å². The third kappa shape index (κ3) is 3.93. The Morgan fingerprint density at radius 1 is 1.26 bits per heavy atom. The fourth-order valence-corrected chi connectivity index (χ4v) is 2.02. The average Bonchev–Trinajstić information content (AvgIpc) is 2.46. The zero-order valence-electron chi connectivity index (χ0n) is 11.7. The Balaban J connectivity index is 2.02. The highest BCUT2D eigenvalue weighted by Crippen LogP contribution is 2.19. The van der Waals surface area contributed by atoms with Gasteiger partial charge in [0.15, 0.2) is 0 Å². The van der Waals surface area contributed by atoms with Gasteiger partial charge in [0.2, 0.25) is 0 Å². The molecule has 3 nitrogen and oxygen atoms in total. The number of aromatic nitrogens is 1. The molecule has 3 heteroatoms. The van der Waals surface area contributed by atoms with Gasteiger partial charge in [0, 0.05) is 11.9 Å². The van der Waals surface area contributed by atoms with Crippen molar-refractivity contribution >= 4 is 10.9 Å². The molecule has 102 valence electrons. The van der Waals surface area contributed by atoms with Crippen molar-refractivity contribution in [3.8, 4) is 5.75 Å². The molecule has 0 amide bonds. The van der Waals surface area contributed by atoms with Crippen molar-refractivity contribution in [2.24, 2.45) is 0 Å². The number of nitrogens with one attached hydrogen (secondary N) is 1. The lowest BCUT2D eigenvalue weighted by molar-refractivity contribution is 0.193. The van der Waals surface area contributed by atoms with Gasteiger partial charge in [0.1, 0.15) is 11.9 Å². The fourth-order valence-electron chi connectivity index (χ4n) is 2.02. The lowest BCUT2D eigenvalue weighted by Gasteiger charge is -2.18. The second kappa shape index (κ2) is 7.10. The summed E-state index contributed by atoms with van der Waals surface area (Å²) >= 11 is 0. The first kappa shape index (κ1) is 13.8. The van der Waals surface area contributed by atoms with Gasteiger partial charge in [-0.25, -0.2) is 0 Å². The first-order valence-electron chi connectivity index (χ1n) is 7.05. The molecule has 0 aliphatic heterocycles. The summed E-state index contributed by atoms with van der Waals surface area (Å²) in [6.45, 7) is 6.24. The predicted octanol–water partition coefficient (Wildman–Crippen LogP) is 3.39. The molecule has 0 bridgehead atoms. The number of pyridine rings is 1. The van der Waals surface area contributed by atoms with Crippen LogP contribution in [-0.2, 0) is 0 Å². The molecule has 0 spiro atoms. The number of nitrogens with zero attached hydrogens (tertiary/aromatic N) is 1. The van der Waals surface area contributed by atoms with Crippen molar-refractivity contribution < 1.29 is 4.74 Å². The van der Waals surface area contributed by atoms with E-state index in [1.165, 1.54) is 0 Å². The summed E-state index contributed by atoms with van der Waals surface area (Å²) in [6, 6.07) is 10.2. The van der Waals surface area contributed by atoms with E-state index in [9.17, 15) is 0 Å². The number of hydrogen-bond acceptors (Lipinski definition) is 3. The van der Waals surface area contributed by atoms with Crippen LogP contribution in [0, 0.1) is 0 Å². The van der Waals surface area contributed by atoms with E-state index < -0.39 is 0 Å². The number of hydrogen-bond donors (Lipinski definition) is 1. The molecule has 1 aromatic carbocycles. The van der Waals surface area contributed by atoms with Gasteiger partial charge in [-0.1, -0.05) is 32.0 Å². The highest BCUT2D eigenvalue weighted by atomic mass is 16.5. The van der Waals surface area contributed by atoms with Crippen LogP contribution in [-0.4, -0.2) is 24.2 Å². The highest BCUT2D eigenvalue weighted by Gasteiger charge is 2.08. The SMILES string of the molecule is CCCNCC(CC)Oc1cnc2ccccc2c1. The zero-order valence-corrected chi connectivity index (χ0v) is 11.7. The second-order valence-corrected chi connectivity index (χ2v) is 4.72. The van der Waals surface area contributed by atoms with Crippen molar-refractivity contribution in [2.45, 2.75) is 32.8 Å². The second-order valence-electron chi connectivity index (χ2n) is 4.72. The summed E-state index contributed by atoms with van der Waals surface area (Å²) in [5.41, 5.74) is 1.01. The van der Waals surface area contributed by atoms with Gasteiger partial charge in [-0.3, -0.25) is 4.98 Å². The van der Waals surface area contributed by atoms with Crippen LogP contribution in [0.15, 0.2) is 36.5 Å². The number of rotatable bonds is 7. The third-order valence-corrected chi connectivity index (χ3v) is 3.12. The standard InChI is InChI=1S/C16H22N2O/c1-3-9-17-11-14(4-2)19-15-10-13-7-5-6-8-16(13)18-12-15/h5-8,10,12,14,17H,3-4,9,11H2,1-2H3. The molecule has 19 heavy (non-hydrogen) atoms. The van der Waals surface area contributed by atoms with Gasteiger partial charge in [0.25, 0.3) is 0 Å². The monoisotopic (exact) mass is 258 g/mol. The molecule has 1 N–H and O–H groups in total. The van der Waals surface area contributed by atoms with Crippen molar-refractivity contribution in [3.05, 3.63) is 36.5 Å². The van der Waals surface area contributed by atoms with Gasteiger partial charge < -0.3 is 10.1 Å². The van der Waals surface area contributed by atoms with E-state index in [1.54, 1.807) is 0 Å². The Morgan fingerprint density at radius 2 is 2.11 bits per heavy atom. The van der Waals surface area contributed by atoms with Gasteiger partial charge in [0.05, 0.1) is 11.7 Å². The van der Waals surface area contributed by atoms with Crippen LogP contribution >= 0.6 is 0 Å². The Labute approximate surface area is 115 Å². The van der Waals surface area contributed by atoms with E-state index in [-0.39, 0.29) is 6.10 Å². The summed E-state index contributed by atoms with van der Waals surface area (Å²) in [7, 11) is 0. The first-order valence-corrected chi connectivity index (χ1v) is 7.05. The molecule has 1 aromatic heterocycles. The van der Waals surface area contributed by atoms with Crippen LogP contribution in [0.1, 0.15) is 26.7 Å². The maximum absolute atomic E-state index is 5.99. The number of para-hydroxylation sites is 1. The molecular formula is C16H22N2O. The summed E-state index contributed by atoms with van der Waals surface area (Å²) in [5, 5.41) is 4.52. The largest absolute Gasteiger partial charge is 0.487 e. The van der Waals surface area contributed by atoms with E-state index in [0.29, 0.717) is 0 Å². The van der Waals surface area contributed by atoms with Gasteiger partial charge >= 0.3 is 0 Å². The normalized spacial score (nSPS) is 12.5. The Bertz CT molecular complexity index is 513. The first-order chi connectivity index (χ1) is 9.33. The van der Waals surface area contributed by atoms with Crippen LogP contribution in [0.5, 0.6) is 5.75 Å². The van der Waals surface area contributed by atoms with Gasteiger partial charge in [-0.05, 0) is 31.5 Å². The van der Waals surface area contributed by atoms with Crippen molar-refractivity contribution in [2.75, 3.05) is 13.1 Å². The third-order valence-electron chi connectivity index (χ3n) is 3.12. The molecule has 2 rings (SSSR count).